The maximum atomic E-state index is 12.0. The van der Waals surface area contributed by atoms with Gasteiger partial charge in [-0.3, -0.25) is 9.59 Å². The highest BCUT2D eigenvalue weighted by Crippen LogP contribution is 2.20. The molecule has 0 spiro atoms. The molecular formula is C18H29N3O4. The summed E-state index contributed by atoms with van der Waals surface area (Å²) in [5, 5.41) is 2.96. The molecule has 1 N–H and O–H groups in total. The smallest absolute Gasteiger partial charge is 0.320 e. The summed E-state index contributed by atoms with van der Waals surface area (Å²) in [6.45, 7) is 11.5. The van der Waals surface area contributed by atoms with Crippen LogP contribution >= 0.6 is 0 Å². The Morgan fingerprint density at radius 2 is 1.64 bits per heavy atom. The van der Waals surface area contributed by atoms with Crippen molar-refractivity contribution in [2.24, 2.45) is 0 Å². The number of aryl methyl sites for hydroxylation is 1. The molecule has 0 bridgehead atoms. The quantitative estimate of drug-likeness (QED) is 0.567. The first kappa shape index (κ1) is 21.0. The summed E-state index contributed by atoms with van der Waals surface area (Å²) >= 11 is 0. The molecule has 0 aliphatic rings. The minimum atomic E-state index is -0.900. The number of aromatic nitrogens is 2. The Morgan fingerprint density at radius 3 is 2.20 bits per heavy atom. The fourth-order valence-electron chi connectivity index (χ4n) is 2.01. The van der Waals surface area contributed by atoms with Crippen LogP contribution in [0.15, 0.2) is 12.4 Å². The zero-order valence-corrected chi connectivity index (χ0v) is 16.0. The lowest BCUT2D eigenvalue weighted by molar-refractivity contribution is -0.157. The van der Waals surface area contributed by atoms with Gasteiger partial charge in [-0.25, -0.2) is 9.97 Å². The number of hydrogen-bond acceptors (Lipinski definition) is 7. The summed E-state index contributed by atoms with van der Waals surface area (Å²) in [7, 11) is 0. The van der Waals surface area contributed by atoms with Crippen LogP contribution in [0.1, 0.15) is 58.8 Å². The predicted molar refractivity (Wildman–Crippen MR) is 93.8 cm³/mol. The molecular weight excluding hydrogens is 322 g/mol. The molecule has 140 valence electrons. The van der Waals surface area contributed by atoms with Crippen molar-refractivity contribution in [3.63, 3.8) is 0 Å². The van der Waals surface area contributed by atoms with E-state index in [2.05, 4.69) is 15.3 Å². The molecule has 0 saturated carbocycles. The average Bonchev–Trinajstić information content (AvgIpc) is 2.44. The van der Waals surface area contributed by atoms with Crippen LogP contribution in [0.2, 0.25) is 0 Å². The van der Waals surface area contributed by atoms with E-state index < -0.39 is 17.2 Å². The number of rotatable bonds is 8. The number of nitrogens with zero attached hydrogens (tertiary/aromatic N) is 2. The number of hydrogen-bond donors (Lipinski definition) is 1. The van der Waals surface area contributed by atoms with Gasteiger partial charge in [0.05, 0.1) is 6.54 Å². The third-order valence-electron chi connectivity index (χ3n) is 3.11. The summed E-state index contributed by atoms with van der Waals surface area (Å²) in [5.41, 5.74) is -0.432. The molecule has 0 aliphatic heterocycles. The molecule has 25 heavy (non-hydrogen) atoms. The Kier molecular flexibility index (Phi) is 7.48. The van der Waals surface area contributed by atoms with E-state index in [1.807, 2.05) is 27.7 Å². The first-order valence-corrected chi connectivity index (χ1v) is 8.43. The number of nitrogens with one attached hydrogen (secondary N) is 1. The molecule has 7 nitrogen and oxygen atoms in total. The molecule has 0 aromatic carbocycles. The summed E-state index contributed by atoms with van der Waals surface area (Å²) < 4.78 is 10.7. The topological polar surface area (TPSA) is 90.4 Å². The molecule has 0 saturated heterocycles. The molecule has 1 heterocycles. The minimum absolute atomic E-state index is 0.0591. The van der Waals surface area contributed by atoms with E-state index in [1.54, 1.807) is 26.2 Å². The summed E-state index contributed by atoms with van der Waals surface area (Å²) in [4.78, 5) is 31.9. The summed E-state index contributed by atoms with van der Waals surface area (Å²) in [5.74, 6) is -0.183. The second-order valence-electron chi connectivity index (χ2n) is 7.44. The van der Waals surface area contributed by atoms with Crippen LogP contribution in [0.25, 0.3) is 0 Å². The molecule has 1 aromatic heterocycles. The Morgan fingerprint density at radius 1 is 1.04 bits per heavy atom. The van der Waals surface area contributed by atoms with Crippen LogP contribution in [-0.2, 0) is 24.7 Å². The summed E-state index contributed by atoms with van der Waals surface area (Å²) in [6, 6.07) is 0. The maximum Gasteiger partial charge on any atom is 0.320 e. The highest BCUT2D eigenvalue weighted by molar-refractivity contribution is 5.72. The highest BCUT2D eigenvalue weighted by Gasteiger charge is 2.28. The van der Waals surface area contributed by atoms with Crippen LogP contribution in [0, 0.1) is 6.92 Å². The molecule has 0 aliphatic carbocycles. The van der Waals surface area contributed by atoms with Gasteiger partial charge >= 0.3 is 11.9 Å². The van der Waals surface area contributed by atoms with E-state index >= 15 is 0 Å². The first-order chi connectivity index (χ1) is 11.5. The normalized spacial score (nSPS) is 11.9. The molecule has 0 radical (unpaired) electrons. The van der Waals surface area contributed by atoms with Gasteiger partial charge in [-0.1, -0.05) is 0 Å². The number of carbonyl (C=O) groups excluding carboxylic acids is 2. The fourth-order valence-corrected chi connectivity index (χ4v) is 2.01. The SMILES string of the molecule is Cc1cnc(C(C)(C)OC(=O)CNCCCC(=O)OC(C)(C)C)nc1. The lowest BCUT2D eigenvalue weighted by Gasteiger charge is -2.23. The molecule has 1 aromatic rings. The van der Waals surface area contributed by atoms with Crippen LogP contribution in [0.4, 0.5) is 0 Å². The lowest BCUT2D eigenvalue weighted by atomic mass is 10.1. The average molecular weight is 351 g/mol. The van der Waals surface area contributed by atoms with Gasteiger partial charge in [-0.15, -0.1) is 0 Å². The van der Waals surface area contributed by atoms with Crippen LogP contribution in [0.3, 0.4) is 0 Å². The van der Waals surface area contributed by atoms with Crippen molar-refractivity contribution in [1.29, 1.82) is 0 Å². The van der Waals surface area contributed by atoms with Crippen LogP contribution in [0.5, 0.6) is 0 Å². The largest absolute Gasteiger partial charge is 0.460 e. The van der Waals surface area contributed by atoms with Gasteiger partial charge in [0.1, 0.15) is 5.60 Å². The van der Waals surface area contributed by atoms with Crippen LogP contribution < -0.4 is 5.32 Å². The molecule has 0 atom stereocenters. The van der Waals surface area contributed by atoms with Crippen molar-refractivity contribution in [2.45, 2.75) is 65.6 Å². The van der Waals surface area contributed by atoms with Gasteiger partial charge in [-0.05, 0) is 60.1 Å². The zero-order chi connectivity index (χ0) is 19.1. The van der Waals surface area contributed by atoms with Gasteiger partial charge in [0.2, 0.25) is 0 Å². The molecule has 0 amide bonds. The maximum absolute atomic E-state index is 12.0. The van der Waals surface area contributed by atoms with E-state index in [0.717, 1.165) is 5.56 Å². The Bertz CT molecular complexity index is 577. The zero-order valence-electron chi connectivity index (χ0n) is 16.0. The predicted octanol–water partition coefficient (Wildman–Crippen LogP) is 2.27. The standard InChI is InChI=1S/C18H29N3O4/c1-13-10-20-16(21-11-13)18(5,6)25-15(23)12-19-9-7-8-14(22)24-17(2,3)4/h10-11,19H,7-9,12H2,1-6H3. The van der Waals surface area contributed by atoms with E-state index in [1.165, 1.54) is 0 Å². The molecule has 1 rings (SSSR count). The van der Waals surface area contributed by atoms with Gasteiger partial charge in [0.15, 0.2) is 11.4 Å². The van der Waals surface area contributed by atoms with Crippen LogP contribution in [-0.4, -0.2) is 40.6 Å². The number of carbonyl (C=O) groups is 2. The van der Waals surface area contributed by atoms with Crippen molar-refractivity contribution in [3.05, 3.63) is 23.8 Å². The highest BCUT2D eigenvalue weighted by atomic mass is 16.6. The third kappa shape index (κ3) is 8.58. The molecule has 7 heteroatoms. The van der Waals surface area contributed by atoms with Gasteiger partial charge in [0.25, 0.3) is 0 Å². The van der Waals surface area contributed by atoms with Crippen molar-refractivity contribution >= 4 is 11.9 Å². The van der Waals surface area contributed by atoms with Crippen molar-refractivity contribution in [1.82, 2.24) is 15.3 Å². The number of esters is 2. The number of ether oxygens (including phenoxy) is 2. The van der Waals surface area contributed by atoms with Crippen molar-refractivity contribution < 1.29 is 19.1 Å². The van der Waals surface area contributed by atoms with Gasteiger partial charge in [0, 0.05) is 18.8 Å². The second kappa shape index (κ2) is 8.89. The molecule has 0 unspecified atom stereocenters. The molecule has 0 fully saturated rings. The van der Waals surface area contributed by atoms with E-state index in [-0.39, 0.29) is 12.5 Å². The fraction of sp³-hybridized carbons (Fsp3) is 0.667. The Labute approximate surface area is 149 Å². The van der Waals surface area contributed by atoms with Crippen molar-refractivity contribution in [2.75, 3.05) is 13.1 Å². The van der Waals surface area contributed by atoms with E-state index in [0.29, 0.717) is 25.2 Å². The van der Waals surface area contributed by atoms with Gasteiger partial charge in [-0.2, -0.15) is 0 Å². The van der Waals surface area contributed by atoms with Gasteiger partial charge < -0.3 is 14.8 Å². The Hall–Kier alpha value is -2.02. The second-order valence-corrected chi connectivity index (χ2v) is 7.44. The van der Waals surface area contributed by atoms with Crippen molar-refractivity contribution in [3.8, 4) is 0 Å². The summed E-state index contributed by atoms with van der Waals surface area (Å²) in [6.07, 6.45) is 4.27. The lowest BCUT2D eigenvalue weighted by Crippen LogP contribution is -2.33. The third-order valence-corrected chi connectivity index (χ3v) is 3.11. The first-order valence-electron chi connectivity index (χ1n) is 8.43. The van der Waals surface area contributed by atoms with E-state index in [4.69, 9.17) is 9.47 Å². The minimum Gasteiger partial charge on any atom is -0.460 e. The van der Waals surface area contributed by atoms with E-state index in [9.17, 15) is 9.59 Å². The monoisotopic (exact) mass is 351 g/mol. The Balaban J connectivity index is 2.28.